The number of carbonyl (C=O) groups excluding carboxylic acids is 1. The zero-order valence-corrected chi connectivity index (χ0v) is 22.1. The molecule has 2 aromatic carbocycles. The van der Waals surface area contributed by atoms with Crippen LogP contribution in [0.1, 0.15) is 26.3 Å². The summed E-state index contributed by atoms with van der Waals surface area (Å²) >= 11 is 0. The SMILES string of the molecule is CC(C)(C)OC(=O)NCCOc1ccc(-c2ccnc(Nc3ccc(N4CCOCC4)c(CO)c3)n2)cc1. The average molecular weight is 522 g/mol. The van der Waals surface area contributed by atoms with Crippen molar-refractivity contribution in [2.45, 2.75) is 33.0 Å². The van der Waals surface area contributed by atoms with Crippen LogP contribution in [-0.4, -0.2) is 66.2 Å². The van der Waals surface area contributed by atoms with E-state index in [1.54, 1.807) is 6.20 Å². The number of hydrogen-bond acceptors (Lipinski definition) is 9. The molecule has 1 saturated heterocycles. The number of alkyl carbamates (subject to hydrolysis) is 1. The molecule has 0 atom stereocenters. The van der Waals surface area contributed by atoms with Crippen molar-refractivity contribution in [1.29, 1.82) is 0 Å². The maximum Gasteiger partial charge on any atom is 0.407 e. The summed E-state index contributed by atoms with van der Waals surface area (Å²) in [4.78, 5) is 22.9. The lowest BCUT2D eigenvalue weighted by molar-refractivity contribution is 0.0520. The van der Waals surface area contributed by atoms with Crippen molar-refractivity contribution < 1.29 is 24.1 Å². The highest BCUT2D eigenvalue weighted by Crippen LogP contribution is 2.27. The van der Waals surface area contributed by atoms with Crippen LogP contribution in [0.5, 0.6) is 5.75 Å². The number of aromatic nitrogens is 2. The van der Waals surface area contributed by atoms with Crippen LogP contribution in [0.15, 0.2) is 54.7 Å². The molecular formula is C28H35N5O5. The average Bonchev–Trinajstić information content (AvgIpc) is 2.91. The van der Waals surface area contributed by atoms with Crippen molar-refractivity contribution in [3.05, 3.63) is 60.3 Å². The van der Waals surface area contributed by atoms with Gasteiger partial charge in [-0.1, -0.05) is 0 Å². The summed E-state index contributed by atoms with van der Waals surface area (Å²) in [5.41, 5.74) is 3.78. The quantitative estimate of drug-likeness (QED) is 0.357. The molecule has 1 aromatic heterocycles. The third-order valence-corrected chi connectivity index (χ3v) is 5.70. The van der Waals surface area contributed by atoms with Crippen LogP contribution >= 0.6 is 0 Å². The first-order valence-electron chi connectivity index (χ1n) is 12.7. The molecule has 0 unspecified atom stereocenters. The molecule has 1 fully saturated rings. The van der Waals surface area contributed by atoms with E-state index in [4.69, 9.17) is 14.2 Å². The lowest BCUT2D eigenvalue weighted by Gasteiger charge is -2.30. The summed E-state index contributed by atoms with van der Waals surface area (Å²) in [7, 11) is 0. The summed E-state index contributed by atoms with van der Waals surface area (Å²) in [6.07, 6.45) is 1.23. The molecule has 0 bridgehead atoms. The molecule has 1 aliphatic heterocycles. The normalized spacial score (nSPS) is 13.6. The van der Waals surface area contributed by atoms with Crippen LogP contribution in [0.2, 0.25) is 0 Å². The topological polar surface area (TPSA) is 118 Å². The third-order valence-electron chi connectivity index (χ3n) is 5.70. The van der Waals surface area contributed by atoms with Gasteiger partial charge in [-0.2, -0.15) is 0 Å². The van der Waals surface area contributed by atoms with Crippen LogP contribution < -0.4 is 20.3 Å². The van der Waals surface area contributed by atoms with E-state index in [0.29, 0.717) is 38.1 Å². The Morgan fingerprint density at radius 1 is 1.11 bits per heavy atom. The number of nitrogens with zero attached hydrogens (tertiary/aromatic N) is 3. The maximum absolute atomic E-state index is 11.7. The molecule has 1 aliphatic rings. The molecule has 3 N–H and O–H groups in total. The van der Waals surface area contributed by atoms with Gasteiger partial charge >= 0.3 is 6.09 Å². The summed E-state index contributed by atoms with van der Waals surface area (Å²) < 4.78 is 16.3. The van der Waals surface area contributed by atoms with Gasteiger partial charge in [0.1, 0.15) is 18.0 Å². The van der Waals surface area contributed by atoms with Crippen LogP contribution in [-0.2, 0) is 16.1 Å². The number of nitrogens with one attached hydrogen (secondary N) is 2. The maximum atomic E-state index is 11.7. The van der Waals surface area contributed by atoms with Gasteiger partial charge in [0, 0.05) is 41.8 Å². The number of rotatable bonds is 9. The van der Waals surface area contributed by atoms with Gasteiger partial charge < -0.3 is 34.9 Å². The number of amides is 1. The number of hydrogen-bond donors (Lipinski definition) is 3. The zero-order chi connectivity index (χ0) is 27.0. The van der Waals surface area contributed by atoms with Gasteiger partial charge in [-0.3, -0.25) is 0 Å². The highest BCUT2D eigenvalue weighted by atomic mass is 16.6. The highest BCUT2D eigenvalue weighted by Gasteiger charge is 2.16. The molecule has 0 radical (unpaired) electrons. The summed E-state index contributed by atoms with van der Waals surface area (Å²) in [5, 5.41) is 15.8. The van der Waals surface area contributed by atoms with Gasteiger partial charge in [0.2, 0.25) is 5.95 Å². The van der Waals surface area contributed by atoms with E-state index in [1.807, 2.05) is 69.3 Å². The summed E-state index contributed by atoms with van der Waals surface area (Å²) in [6.45, 7) is 9.02. The molecule has 4 rings (SSSR count). The van der Waals surface area contributed by atoms with Gasteiger partial charge in [-0.15, -0.1) is 0 Å². The predicted octanol–water partition coefficient (Wildman–Crippen LogP) is 4.12. The molecule has 2 heterocycles. The predicted molar refractivity (Wildman–Crippen MR) is 146 cm³/mol. The van der Waals surface area contributed by atoms with Crippen LogP contribution in [0.3, 0.4) is 0 Å². The molecular weight excluding hydrogens is 486 g/mol. The van der Waals surface area contributed by atoms with Crippen LogP contribution in [0.4, 0.5) is 22.1 Å². The Balaban J connectivity index is 1.34. The van der Waals surface area contributed by atoms with E-state index in [0.717, 1.165) is 41.3 Å². The Labute approximate surface area is 223 Å². The van der Waals surface area contributed by atoms with Gasteiger partial charge in [0.05, 0.1) is 32.1 Å². The van der Waals surface area contributed by atoms with Crippen molar-refractivity contribution in [3.8, 4) is 17.0 Å². The molecule has 38 heavy (non-hydrogen) atoms. The zero-order valence-electron chi connectivity index (χ0n) is 22.1. The second-order valence-corrected chi connectivity index (χ2v) is 9.79. The molecule has 0 saturated carbocycles. The van der Waals surface area contributed by atoms with Gasteiger partial charge in [-0.25, -0.2) is 14.8 Å². The number of morpholine rings is 1. The van der Waals surface area contributed by atoms with E-state index in [-0.39, 0.29) is 6.61 Å². The first-order valence-corrected chi connectivity index (χ1v) is 12.7. The molecule has 202 valence electrons. The summed E-state index contributed by atoms with van der Waals surface area (Å²) in [5.74, 6) is 1.14. The third kappa shape index (κ3) is 7.80. The number of carbonyl (C=O) groups is 1. The van der Waals surface area contributed by atoms with Gasteiger partial charge in [0.15, 0.2) is 0 Å². The molecule has 0 spiro atoms. The fraction of sp³-hybridized carbons (Fsp3) is 0.393. The fourth-order valence-electron chi connectivity index (χ4n) is 3.97. The Bertz CT molecular complexity index is 1210. The molecule has 3 aromatic rings. The number of anilines is 3. The van der Waals surface area contributed by atoms with Crippen LogP contribution in [0.25, 0.3) is 11.3 Å². The largest absolute Gasteiger partial charge is 0.492 e. The lowest BCUT2D eigenvalue weighted by atomic mass is 10.1. The molecule has 1 amide bonds. The first-order chi connectivity index (χ1) is 18.3. The summed E-state index contributed by atoms with van der Waals surface area (Å²) in [6, 6.07) is 15.3. The molecule has 0 aliphatic carbocycles. The standard InChI is InChI=1S/C28H35N5O5/c1-28(2,3)38-27(35)30-12-15-37-23-7-4-20(5-8-23)24-10-11-29-26(32-24)31-22-6-9-25(21(18-22)19-34)33-13-16-36-17-14-33/h4-11,18,34H,12-17,19H2,1-3H3,(H,30,35)(H,29,31,32). The number of ether oxygens (including phenoxy) is 3. The van der Waals surface area contributed by atoms with Gasteiger partial charge in [-0.05, 0) is 69.3 Å². The number of benzene rings is 2. The molecule has 10 heteroatoms. The van der Waals surface area contributed by atoms with Crippen molar-refractivity contribution in [3.63, 3.8) is 0 Å². The second kappa shape index (κ2) is 12.6. The second-order valence-electron chi connectivity index (χ2n) is 9.79. The monoisotopic (exact) mass is 521 g/mol. The fourth-order valence-corrected chi connectivity index (χ4v) is 3.97. The van der Waals surface area contributed by atoms with Crippen molar-refractivity contribution in [2.75, 3.05) is 49.7 Å². The Morgan fingerprint density at radius 3 is 2.58 bits per heavy atom. The first kappa shape index (κ1) is 27.2. The van der Waals surface area contributed by atoms with E-state index < -0.39 is 11.7 Å². The van der Waals surface area contributed by atoms with Crippen molar-refractivity contribution >= 4 is 23.4 Å². The van der Waals surface area contributed by atoms with Crippen molar-refractivity contribution in [1.82, 2.24) is 15.3 Å². The smallest absolute Gasteiger partial charge is 0.407 e. The number of aliphatic hydroxyl groups excluding tert-OH is 1. The van der Waals surface area contributed by atoms with Gasteiger partial charge in [0.25, 0.3) is 0 Å². The Hall–Kier alpha value is -3.89. The Morgan fingerprint density at radius 2 is 1.87 bits per heavy atom. The minimum atomic E-state index is -0.535. The van der Waals surface area contributed by atoms with Crippen LogP contribution in [0, 0.1) is 0 Å². The number of aliphatic hydroxyl groups is 1. The van der Waals surface area contributed by atoms with E-state index >= 15 is 0 Å². The minimum absolute atomic E-state index is 0.0609. The Kier molecular flexibility index (Phi) is 8.98. The highest BCUT2D eigenvalue weighted by molar-refractivity contribution is 5.68. The van der Waals surface area contributed by atoms with Crippen molar-refractivity contribution in [2.24, 2.45) is 0 Å². The van der Waals surface area contributed by atoms with E-state index in [1.165, 1.54) is 0 Å². The van der Waals surface area contributed by atoms with E-state index in [9.17, 15) is 9.90 Å². The van der Waals surface area contributed by atoms with E-state index in [2.05, 4.69) is 25.5 Å². The molecule has 10 nitrogen and oxygen atoms in total. The minimum Gasteiger partial charge on any atom is -0.492 e. The lowest BCUT2D eigenvalue weighted by Crippen LogP contribution is -2.36.